The second-order valence-electron chi connectivity index (χ2n) is 5.96. The van der Waals surface area contributed by atoms with E-state index in [-0.39, 0.29) is 22.3 Å². The number of cyclic esters (lactones) is 2. The molecule has 0 amide bonds. The molecule has 8 heteroatoms. The number of esters is 2. The number of carbonyl (C=O) groups excluding carboxylic acids is 2. The topological polar surface area (TPSA) is 127 Å². The Kier molecular flexibility index (Phi) is 5.88. The lowest BCUT2D eigenvalue weighted by molar-refractivity contribution is 0.0442. The fraction of sp³-hybridized carbons (Fsp3) is 0. The van der Waals surface area contributed by atoms with Gasteiger partial charge in [-0.3, -0.25) is 0 Å². The van der Waals surface area contributed by atoms with E-state index in [9.17, 15) is 19.2 Å². The van der Waals surface area contributed by atoms with Gasteiger partial charge >= 0.3 is 23.9 Å². The molecule has 3 aromatic rings. The zero-order chi connectivity index (χ0) is 21.7. The number of aromatic carboxylic acids is 2. The minimum atomic E-state index is -1.15. The molecule has 2 N–H and O–H groups in total. The van der Waals surface area contributed by atoms with Crippen LogP contribution in [0.25, 0.3) is 0 Å². The fourth-order valence-electron chi connectivity index (χ4n) is 2.57. The SMILES string of the molecule is O=C(O)c1ccc2c(c1)C(=O)OC2=O.O=C(O)c1ccccc1Oc1ccccc1. The normalized spacial score (nSPS) is 11.6. The van der Waals surface area contributed by atoms with Gasteiger partial charge in [0.05, 0.1) is 16.7 Å². The standard InChI is InChI=1S/C13H10O3.C9H4O5/c14-13(15)11-8-4-5-9-12(11)16-10-6-2-1-3-7-10;10-7(11)4-1-2-5-6(3-4)9(13)14-8(5)12/h1-9H,(H,14,15);1-3H,(H,10,11). The number of carbonyl (C=O) groups is 4. The van der Waals surface area contributed by atoms with Gasteiger partial charge in [0, 0.05) is 0 Å². The molecule has 0 saturated carbocycles. The lowest BCUT2D eigenvalue weighted by Crippen LogP contribution is -2.00. The van der Waals surface area contributed by atoms with Crippen LogP contribution in [0.15, 0.2) is 72.8 Å². The van der Waals surface area contributed by atoms with E-state index in [0.29, 0.717) is 11.5 Å². The summed E-state index contributed by atoms with van der Waals surface area (Å²) >= 11 is 0. The van der Waals surface area contributed by atoms with Gasteiger partial charge in [0.15, 0.2) is 0 Å². The molecule has 1 aliphatic heterocycles. The average Bonchev–Trinajstić information content (AvgIpc) is 3.02. The summed E-state index contributed by atoms with van der Waals surface area (Å²) in [6.07, 6.45) is 0. The van der Waals surface area contributed by atoms with Crippen molar-refractivity contribution < 1.29 is 38.9 Å². The number of para-hydroxylation sites is 2. The Balaban J connectivity index is 0.000000172. The second-order valence-corrected chi connectivity index (χ2v) is 5.96. The number of carboxylic acid groups (broad SMARTS) is 2. The van der Waals surface area contributed by atoms with Crippen LogP contribution in [0.2, 0.25) is 0 Å². The van der Waals surface area contributed by atoms with Crippen molar-refractivity contribution in [2.24, 2.45) is 0 Å². The maximum Gasteiger partial charge on any atom is 0.346 e. The van der Waals surface area contributed by atoms with E-state index in [4.69, 9.17) is 14.9 Å². The van der Waals surface area contributed by atoms with E-state index >= 15 is 0 Å². The molecule has 0 saturated heterocycles. The molecular formula is C22H14O8. The molecule has 0 atom stereocenters. The van der Waals surface area contributed by atoms with E-state index in [2.05, 4.69) is 4.74 Å². The molecule has 4 rings (SSSR count). The first-order valence-corrected chi connectivity index (χ1v) is 8.56. The highest BCUT2D eigenvalue weighted by atomic mass is 16.6. The maximum atomic E-state index is 11.0. The first-order valence-electron chi connectivity index (χ1n) is 8.56. The van der Waals surface area contributed by atoms with Crippen molar-refractivity contribution in [3.8, 4) is 11.5 Å². The number of carboxylic acids is 2. The van der Waals surface area contributed by atoms with Crippen LogP contribution in [-0.2, 0) is 4.74 Å². The highest BCUT2D eigenvalue weighted by molar-refractivity contribution is 6.15. The van der Waals surface area contributed by atoms with E-state index in [1.807, 2.05) is 18.2 Å². The summed E-state index contributed by atoms with van der Waals surface area (Å²) in [4.78, 5) is 43.5. The van der Waals surface area contributed by atoms with Gasteiger partial charge in [-0.25, -0.2) is 19.2 Å². The van der Waals surface area contributed by atoms with Crippen LogP contribution in [0.3, 0.4) is 0 Å². The average molecular weight is 406 g/mol. The minimum absolute atomic E-state index is 0.00917. The molecule has 0 unspecified atom stereocenters. The molecule has 0 bridgehead atoms. The number of hydrogen-bond acceptors (Lipinski definition) is 6. The van der Waals surface area contributed by atoms with E-state index in [0.717, 1.165) is 6.07 Å². The van der Waals surface area contributed by atoms with Gasteiger partial charge in [0.1, 0.15) is 17.1 Å². The molecule has 0 aromatic heterocycles. The summed E-state index contributed by atoms with van der Waals surface area (Å²) in [7, 11) is 0. The van der Waals surface area contributed by atoms with Gasteiger partial charge < -0.3 is 19.7 Å². The number of ether oxygens (including phenoxy) is 2. The number of fused-ring (bicyclic) bond motifs is 1. The van der Waals surface area contributed by atoms with Crippen LogP contribution in [0.1, 0.15) is 41.4 Å². The molecule has 0 aliphatic carbocycles. The summed E-state index contributed by atoms with van der Waals surface area (Å²) < 4.78 is 9.79. The third-order valence-corrected chi connectivity index (χ3v) is 3.98. The van der Waals surface area contributed by atoms with Gasteiger partial charge in [0.2, 0.25) is 0 Å². The summed E-state index contributed by atoms with van der Waals surface area (Å²) in [5, 5.41) is 17.6. The molecule has 1 heterocycles. The van der Waals surface area contributed by atoms with Crippen molar-refractivity contribution >= 4 is 23.9 Å². The predicted molar refractivity (Wildman–Crippen MR) is 103 cm³/mol. The van der Waals surface area contributed by atoms with Crippen molar-refractivity contribution in [1.82, 2.24) is 0 Å². The van der Waals surface area contributed by atoms with Gasteiger partial charge in [-0.15, -0.1) is 0 Å². The zero-order valence-electron chi connectivity index (χ0n) is 15.3. The van der Waals surface area contributed by atoms with E-state index in [1.165, 1.54) is 18.2 Å². The predicted octanol–water partition coefficient (Wildman–Crippen LogP) is 3.87. The van der Waals surface area contributed by atoms with Gasteiger partial charge in [-0.2, -0.15) is 0 Å². The Hall–Kier alpha value is -4.46. The smallest absolute Gasteiger partial charge is 0.346 e. The molecular weight excluding hydrogens is 392 g/mol. The number of hydrogen-bond donors (Lipinski definition) is 2. The van der Waals surface area contributed by atoms with Crippen molar-refractivity contribution in [1.29, 1.82) is 0 Å². The van der Waals surface area contributed by atoms with Crippen LogP contribution >= 0.6 is 0 Å². The highest BCUT2D eigenvalue weighted by Crippen LogP contribution is 2.24. The summed E-state index contributed by atoms with van der Waals surface area (Å²) in [5.74, 6) is -2.71. The third-order valence-electron chi connectivity index (χ3n) is 3.98. The molecule has 30 heavy (non-hydrogen) atoms. The lowest BCUT2D eigenvalue weighted by atomic mass is 10.1. The Morgan fingerprint density at radius 3 is 2.03 bits per heavy atom. The molecule has 8 nitrogen and oxygen atoms in total. The first-order chi connectivity index (χ1) is 14.4. The highest BCUT2D eigenvalue weighted by Gasteiger charge is 2.30. The van der Waals surface area contributed by atoms with Crippen LogP contribution < -0.4 is 4.74 Å². The summed E-state index contributed by atoms with van der Waals surface area (Å²) in [6.45, 7) is 0. The van der Waals surface area contributed by atoms with E-state index < -0.39 is 23.9 Å². The van der Waals surface area contributed by atoms with Gasteiger partial charge in [0.25, 0.3) is 0 Å². The number of rotatable bonds is 4. The summed E-state index contributed by atoms with van der Waals surface area (Å²) in [5.41, 5.74) is 0.233. The Bertz CT molecular complexity index is 1130. The minimum Gasteiger partial charge on any atom is -0.478 e. The Morgan fingerprint density at radius 2 is 1.37 bits per heavy atom. The largest absolute Gasteiger partial charge is 0.478 e. The molecule has 3 aromatic carbocycles. The lowest BCUT2D eigenvalue weighted by Gasteiger charge is -2.07. The second kappa shape index (κ2) is 8.70. The van der Waals surface area contributed by atoms with Crippen LogP contribution in [0.5, 0.6) is 11.5 Å². The van der Waals surface area contributed by atoms with Crippen LogP contribution in [0.4, 0.5) is 0 Å². The molecule has 0 radical (unpaired) electrons. The van der Waals surface area contributed by atoms with Crippen molar-refractivity contribution in [2.75, 3.05) is 0 Å². The van der Waals surface area contributed by atoms with Gasteiger partial charge in [-0.05, 0) is 42.5 Å². The quantitative estimate of drug-likeness (QED) is 0.494. The summed E-state index contributed by atoms with van der Waals surface area (Å²) in [6, 6.07) is 19.3. The third kappa shape index (κ3) is 4.50. The first kappa shape index (κ1) is 20.3. The van der Waals surface area contributed by atoms with Crippen LogP contribution in [-0.4, -0.2) is 34.1 Å². The molecule has 150 valence electrons. The molecule has 0 fully saturated rings. The van der Waals surface area contributed by atoms with E-state index in [1.54, 1.807) is 30.3 Å². The maximum absolute atomic E-state index is 11.0. The monoisotopic (exact) mass is 406 g/mol. The van der Waals surface area contributed by atoms with Crippen molar-refractivity contribution in [3.63, 3.8) is 0 Å². The molecule has 0 spiro atoms. The van der Waals surface area contributed by atoms with Gasteiger partial charge in [-0.1, -0.05) is 30.3 Å². The van der Waals surface area contributed by atoms with Crippen LogP contribution in [0, 0.1) is 0 Å². The number of benzene rings is 3. The Labute approximate surface area is 169 Å². The Morgan fingerprint density at radius 1 is 0.733 bits per heavy atom. The zero-order valence-corrected chi connectivity index (χ0v) is 15.3. The van der Waals surface area contributed by atoms with Crippen molar-refractivity contribution in [2.45, 2.75) is 0 Å². The molecule has 1 aliphatic rings. The van der Waals surface area contributed by atoms with Crippen molar-refractivity contribution in [3.05, 3.63) is 95.1 Å². The fourth-order valence-corrected chi connectivity index (χ4v) is 2.57.